The van der Waals surface area contributed by atoms with Gasteiger partial charge in [0, 0.05) is 110 Å². The van der Waals surface area contributed by atoms with Crippen molar-refractivity contribution in [1.29, 1.82) is 0 Å². The molecular formula is C55H57Cl5K2N12O11. The number of halogens is 5. The SMILES string of the molecule is C.CCOC(N)=O.CCn1ncc(CN(C)C(=O)c2nc(Cl)nc3ccc(Cl)cc23)c1C.CCn1ncc(CNC)c1C.Nc1ccc(Cl)cc1C(=O)C(=O)[O-].O=C([O-])c1nc(=O)[nH]c2ccc(Cl)cc12.O=C1Cc2ccc(Cl)cc2C1=O.[K+].[K+]. The quantitative estimate of drug-likeness (QED) is 0.0458. The second-order valence-corrected chi connectivity index (χ2v) is 19.1. The van der Waals surface area contributed by atoms with Crippen LogP contribution in [0.3, 0.4) is 0 Å². The monoisotopic (exact) mass is 1310 g/mol. The van der Waals surface area contributed by atoms with Gasteiger partial charge < -0.3 is 51.2 Å². The fourth-order valence-corrected chi connectivity index (χ4v) is 8.31. The number of anilines is 1. The van der Waals surface area contributed by atoms with Gasteiger partial charge in [-0.25, -0.2) is 19.6 Å². The molecule has 4 heterocycles. The van der Waals surface area contributed by atoms with E-state index in [1.807, 2.05) is 36.5 Å². The molecule has 0 saturated carbocycles. The summed E-state index contributed by atoms with van der Waals surface area (Å²) < 4.78 is 8.08. The molecule has 0 spiro atoms. The van der Waals surface area contributed by atoms with E-state index in [1.54, 1.807) is 67.5 Å². The van der Waals surface area contributed by atoms with Crippen molar-refractivity contribution in [2.45, 2.75) is 74.6 Å². The first-order valence-electron chi connectivity index (χ1n) is 24.3. The molecule has 30 heteroatoms. The van der Waals surface area contributed by atoms with Gasteiger partial charge in [-0.15, -0.1) is 0 Å². The predicted molar refractivity (Wildman–Crippen MR) is 313 cm³/mol. The van der Waals surface area contributed by atoms with Crippen LogP contribution in [0.4, 0.5) is 10.5 Å². The van der Waals surface area contributed by atoms with Crippen LogP contribution in [0.5, 0.6) is 0 Å². The van der Waals surface area contributed by atoms with Crippen LogP contribution in [-0.4, -0.2) is 106 Å². The number of benzene rings is 4. The Kier molecular flexibility index (Phi) is 34.5. The largest absolute Gasteiger partial charge is 1.00 e. The maximum Gasteiger partial charge on any atom is 1.00 e. The van der Waals surface area contributed by atoms with E-state index in [2.05, 4.69) is 59.8 Å². The number of primary amides is 1. The molecule has 0 radical (unpaired) electrons. The van der Waals surface area contributed by atoms with Gasteiger partial charge in [-0.3, -0.25) is 28.5 Å². The summed E-state index contributed by atoms with van der Waals surface area (Å²) in [7, 11) is 3.67. The summed E-state index contributed by atoms with van der Waals surface area (Å²) >= 11 is 29.0. The van der Waals surface area contributed by atoms with Gasteiger partial charge in [0.25, 0.3) is 5.91 Å². The van der Waals surface area contributed by atoms with Gasteiger partial charge in [-0.2, -0.15) is 15.2 Å². The minimum absolute atomic E-state index is 0. The van der Waals surface area contributed by atoms with E-state index in [9.17, 15) is 48.6 Å². The van der Waals surface area contributed by atoms with Crippen LogP contribution in [0.1, 0.15) is 98.0 Å². The summed E-state index contributed by atoms with van der Waals surface area (Å²) in [4.78, 5) is 103. The van der Waals surface area contributed by atoms with Crippen molar-refractivity contribution < 1.29 is 151 Å². The fourth-order valence-electron chi connectivity index (χ4n) is 7.45. The van der Waals surface area contributed by atoms with Crippen LogP contribution in [0.25, 0.3) is 21.8 Å². The first-order valence-corrected chi connectivity index (χ1v) is 26.2. The van der Waals surface area contributed by atoms with Gasteiger partial charge in [-0.1, -0.05) is 59.9 Å². The average molecular weight is 1320 g/mol. The Labute approximate surface area is 598 Å². The number of rotatable bonds is 11. The topological polar surface area (TPSA) is 349 Å². The minimum atomic E-state index is -1.80. The van der Waals surface area contributed by atoms with Gasteiger partial charge in [0.05, 0.1) is 36.0 Å². The molecule has 8 aromatic rings. The first-order chi connectivity index (χ1) is 38.7. The van der Waals surface area contributed by atoms with E-state index in [1.165, 1.54) is 41.6 Å². The van der Waals surface area contributed by atoms with E-state index in [0.29, 0.717) is 50.2 Å². The Bertz CT molecular complexity index is 3750. The van der Waals surface area contributed by atoms with Crippen molar-refractivity contribution in [3.05, 3.63) is 172 Å². The number of Topliss-reactive ketones (excluding diaryl/α,β-unsaturated/α-hetero) is 3. The number of hydrogen-bond acceptors (Lipinski definition) is 18. The standard InChI is InChI=1S/C17H17Cl2N5O.C9H5ClN2O3.C9H5ClO2.C8H6ClNO3.C8H15N3.C3H7NO2.CH4.2K/c1-4-24-10(2)11(8-20-24)9-23(3)16(25)15-13-7-12(18)5-6-14(13)21-17(19)22-15;10-4-1-2-6-5(3-4)7(8(13)14)12-9(15)11-6;10-6-2-1-5-3-8(11)9(12)7(5)4-6;9-4-1-2-6(10)5(3-4)7(11)8(12)13;1-4-11-7(2)8(5-9-3)6-10-11;1-2-6-3(4)5;;;/h5-8H,4,9H2,1-3H3;1-3H,(H,13,14)(H,11,12,15);1-2,4H,3H2;1-3H,10H2,(H,12,13);6,9H,4-5H2,1-3H3;2H2,1H3,(H2,4,5);1H4;;/q;;;;;;;2*+1/p-2. The van der Waals surface area contributed by atoms with Crippen LogP contribution in [-0.2, 0) is 46.9 Å². The number of aromatic carboxylic acids is 1. The smallest absolute Gasteiger partial charge is 0.543 e. The zero-order valence-corrected chi connectivity index (χ0v) is 57.0. The number of nitrogens with one attached hydrogen (secondary N) is 2. The number of aromatic nitrogens is 8. The third-order valence-electron chi connectivity index (χ3n) is 11.5. The number of nitrogens with zero attached hydrogens (tertiary/aromatic N) is 8. The second-order valence-electron chi connectivity index (χ2n) is 17.0. The maximum absolute atomic E-state index is 12.9. The predicted octanol–water partition coefficient (Wildman–Crippen LogP) is 0.853. The number of carboxylic acids is 2. The van der Waals surface area contributed by atoms with Gasteiger partial charge in [0.2, 0.25) is 22.6 Å². The number of aromatic amines is 1. The number of fused-ring (bicyclic) bond motifs is 3. The van der Waals surface area contributed by atoms with Crippen LogP contribution in [0, 0.1) is 13.8 Å². The summed E-state index contributed by atoms with van der Waals surface area (Å²) in [5, 5.41) is 35.0. The molecule has 0 aliphatic heterocycles. The number of hydrogen-bond donors (Lipinski definition) is 4. The summed E-state index contributed by atoms with van der Waals surface area (Å²) in [6, 6.07) is 18.5. The molecular weight excluding hydrogens is 1260 g/mol. The number of ketones is 3. The molecule has 4 aromatic carbocycles. The Balaban J connectivity index is 0.000000531. The molecule has 4 aromatic heterocycles. The number of aryl methyl sites for hydroxylation is 2. The van der Waals surface area contributed by atoms with E-state index in [4.69, 9.17) is 63.7 Å². The zero-order valence-electron chi connectivity index (χ0n) is 46.9. The molecule has 0 bridgehead atoms. The van der Waals surface area contributed by atoms with E-state index >= 15 is 0 Å². The number of ether oxygens (including phenoxy) is 1. The molecule has 9 rings (SSSR count). The van der Waals surface area contributed by atoms with Gasteiger partial charge >= 0.3 is 115 Å². The van der Waals surface area contributed by atoms with Crippen LogP contribution >= 0.6 is 58.0 Å². The maximum atomic E-state index is 12.9. The second kappa shape index (κ2) is 37.6. The summed E-state index contributed by atoms with van der Waals surface area (Å²) in [6.07, 6.45) is 3.23. The summed E-state index contributed by atoms with van der Waals surface area (Å²) in [6.45, 7) is 13.3. The summed E-state index contributed by atoms with van der Waals surface area (Å²) in [5.41, 5.74) is 15.7. The number of nitrogens with two attached hydrogens (primary N) is 2. The molecule has 440 valence electrons. The van der Waals surface area contributed by atoms with Crippen molar-refractivity contribution in [2.75, 3.05) is 26.4 Å². The number of nitrogen functional groups attached to an aromatic ring is 1. The molecule has 85 heavy (non-hydrogen) atoms. The molecule has 0 fully saturated rings. The Hall–Kier alpha value is -5.05. The number of aliphatic carboxylic acids is 1. The van der Waals surface area contributed by atoms with E-state index in [-0.39, 0.29) is 161 Å². The zero-order chi connectivity index (χ0) is 61.1. The first kappa shape index (κ1) is 78.0. The third-order valence-corrected chi connectivity index (χ3v) is 12.6. The van der Waals surface area contributed by atoms with Gasteiger partial charge in [0.1, 0.15) is 17.4 Å². The van der Waals surface area contributed by atoms with E-state index in [0.717, 1.165) is 36.5 Å². The van der Waals surface area contributed by atoms with Gasteiger partial charge in [-0.05, 0) is 126 Å². The van der Waals surface area contributed by atoms with E-state index < -0.39 is 41.0 Å². The third kappa shape index (κ3) is 22.9. The number of carbonyl (C=O) groups is 7. The van der Waals surface area contributed by atoms with Crippen molar-refractivity contribution in [3.63, 3.8) is 0 Å². The number of carboxylic acid groups (broad SMARTS) is 2. The number of amides is 2. The molecule has 23 nitrogen and oxygen atoms in total. The van der Waals surface area contributed by atoms with Crippen molar-refractivity contribution in [3.8, 4) is 0 Å². The minimum Gasteiger partial charge on any atom is -0.543 e. The van der Waals surface area contributed by atoms with Crippen molar-refractivity contribution >= 4 is 127 Å². The molecule has 6 N–H and O–H groups in total. The Morgan fingerprint density at radius 1 is 0.741 bits per heavy atom. The molecule has 1 aliphatic carbocycles. The molecule has 0 saturated heterocycles. The van der Waals surface area contributed by atoms with Crippen molar-refractivity contribution in [2.24, 2.45) is 5.73 Å². The molecule has 2 amide bonds. The van der Waals surface area contributed by atoms with Crippen LogP contribution < -0.4 is 135 Å². The number of carbonyl (C=O) groups excluding carboxylic acids is 7. The Morgan fingerprint density at radius 2 is 1.28 bits per heavy atom. The average Bonchev–Trinajstić information content (AvgIpc) is 4.12. The van der Waals surface area contributed by atoms with Crippen LogP contribution in [0.2, 0.25) is 25.4 Å². The fraction of sp³-hybridized carbons (Fsp3) is 0.255. The van der Waals surface area contributed by atoms with Crippen LogP contribution in [0.15, 0.2) is 90.0 Å². The summed E-state index contributed by atoms with van der Waals surface area (Å²) in [5.74, 6) is -5.47. The Morgan fingerprint density at radius 3 is 1.82 bits per heavy atom. The normalized spacial score (nSPS) is 10.6. The molecule has 1 aliphatic rings. The molecule has 0 atom stereocenters. The van der Waals surface area contributed by atoms with Gasteiger partial charge in [0.15, 0.2) is 0 Å². The van der Waals surface area contributed by atoms with Crippen molar-refractivity contribution in [1.82, 2.24) is 49.7 Å². The molecule has 0 unspecified atom stereocenters. The number of H-pyrrole nitrogens is 1.